The molecule has 0 aliphatic heterocycles. The van der Waals surface area contributed by atoms with Crippen LogP contribution in [-0.4, -0.2) is 35.0 Å². The summed E-state index contributed by atoms with van der Waals surface area (Å²) in [5.41, 5.74) is 8.60. The molecule has 6 N–H and O–H groups in total. The van der Waals surface area contributed by atoms with Gasteiger partial charge in [0.25, 0.3) is 5.91 Å². The van der Waals surface area contributed by atoms with Gasteiger partial charge in [0.1, 0.15) is 17.3 Å². The summed E-state index contributed by atoms with van der Waals surface area (Å²) in [5, 5.41) is 7.87. The van der Waals surface area contributed by atoms with Gasteiger partial charge >= 0.3 is 6.03 Å². The van der Waals surface area contributed by atoms with E-state index in [0.29, 0.717) is 47.2 Å². The molecule has 0 aliphatic carbocycles. The lowest BCUT2D eigenvalue weighted by atomic mass is 10.2. The number of nitrogens with one attached hydrogen (secondary N) is 4. The molecule has 36 heavy (non-hydrogen) atoms. The van der Waals surface area contributed by atoms with Crippen LogP contribution in [0, 0.1) is 12.7 Å². The molecule has 2 aromatic heterocycles. The Kier molecular flexibility index (Phi) is 7.57. The molecule has 0 spiro atoms. The van der Waals surface area contributed by atoms with Crippen LogP contribution >= 0.6 is 0 Å². The van der Waals surface area contributed by atoms with Crippen LogP contribution in [0.5, 0.6) is 11.5 Å². The molecule has 0 saturated heterocycles. The highest BCUT2D eigenvalue weighted by Crippen LogP contribution is 2.27. The number of anilines is 2. The molecule has 0 unspecified atom stereocenters. The van der Waals surface area contributed by atoms with Crippen LogP contribution in [-0.2, 0) is 0 Å². The molecule has 10 heteroatoms. The van der Waals surface area contributed by atoms with E-state index >= 15 is 0 Å². The van der Waals surface area contributed by atoms with Gasteiger partial charge in [-0.05, 0) is 61.0 Å². The van der Waals surface area contributed by atoms with E-state index in [1.165, 1.54) is 6.07 Å². The summed E-state index contributed by atoms with van der Waals surface area (Å²) in [6, 6.07) is 15.8. The van der Waals surface area contributed by atoms with Crippen LogP contribution in [0.2, 0.25) is 0 Å². The quantitative estimate of drug-likeness (QED) is 0.246. The lowest BCUT2D eigenvalue weighted by Crippen LogP contribution is -2.28. The summed E-state index contributed by atoms with van der Waals surface area (Å²) in [6.07, 6.45) is 3.20. The number of benzene rings is 2. The first kappa shape index (κ1) is 24.4. The Morgan fingerprint density at radius 1 is 1.03 bits per heavy atom. The predicted molar refractivity (Wildman–Crippen MR) is 136 cm³/mol. The average Bonchev–Trinajstić information content (AvgIpc) is 3.37. The minimum Gasteiger partial charge on any atom is -0.457 e. The topological polar surface area (TPSA) is 134 Å². The first-order chi connectivity index (χ1) is 17.4. The van der Waals surface area contributed by atoms with Gasteiger partial charge in [-0.3, -0.25) is 9.78 Å². The smallest absolute Gasteiger partial charge is 0.323 e. The summed E-state index contributed by atoms with van der Waals surface area (Å²) >= 11 is 0. The van der Waals surface area contributed by atoms with E-state index in [-0.39, 0.29) is 11.6 Å². The number of aromatic amines is 1. The summed E-state index contributed by atoms with van der Waals surface area (Å²) in [4.78, 5) is 31.7. The summed E-state index contributed by atoms with van der Waals surface area (Å²) in [5.74, 6) is 0.344. The molecule has 0 saturated carbocycles. The Balaban J connectivity index is 1.37. The lowest BCUT2D eigenvalue weighted by molar-refractivity contribution is 0.0955. The zero-order chi connectivity index (χ0) is 25.5. The fourth-order valence-corrected chi connectivity index (χ4v) is 3.34. The number of aromatic nitrogens is 2. The van der Waals surface area contributed by atoms with Crippen LogP contribution < -0.4 is 26.4 Å². The molecule has 184 valence electrons. The second-order valence-corrected chi connectivity index (χ2v) is 7.91. The molecule has 2 heterocycles. The van der Waals surface area contributed by atoms with Gasteiger partial charge in [0.05, 0.1) is 22.6 Å². The van der Waals surface area contributed by atoms with Crippen molar-refractivity contribution in [2.24, 2.45) is 5.73 Å². The molecule has 4 aromatic rings. The van der Waals surface area contributed by atoms with Gasteiger partial charge in [0, 0.05) is 37.2 Å². The van der Waals surface area contributed by atoms with E-state index in [0.717, 1.165) is 5.56 Å². The molecule has 0 fully saturated rings. The van der Waals surface area contributed by atoms with Crippen LogP contribution in [0.3, 0.4) is 0 Å². The fourth-order valence-electron chi connectivity index (χ4n) is 3.34. The highest BCUT2D eigenvalue weighted by Gasteiger charge is 2.11. The number of carbonyl (C=O) groups is 2. The molecular formula is C26H25FN6O3. The third kappa shape index (κ3) is 6.24. The van der Waals surface area contributed by atoms with E-state index in [1.807, 2.05) is 6.92 Å². The Hall–Kier alpha value is -4.70. The molecule has 0 bridgehead atoms. The third-order valence-electron chi connectivity index (χ3n) is 5.10. The minimum atomic E-state index is -0.561. The number of urea groups is 1. The number of amides is 3. The Morgan fingerprint density at radius 3 is 2.61 bits per heavy atom. The number of hydrogen-bond acceptors (Lipinski definition) is 5. The third-order valence-corrected chi connectivity index (χ3v) is 5.10. The van der Waals surface area contributed by atoms with Crippen molar-refractivity contribution in [3.05, 3.63) is 90.0 Å². The first-order valence-electron chi connectivity index (χ1n) is 11.2. The zero-order valence-corrected chi connectivity index (χ0v) is 19.5. The monoisotopic (exact) mass is 488 g/mol. The number of nitrogens with two attached hydrogens (primary N) is 1. The standard InChI is InChI=1S/C26H25FN6O3/c1-16-2-7-21(27)22(12-16)33-26(35)32-18-3-5-19(6-4-18)36-20-8-10-29-24(14-20)23-13-17(15-31-23)25(34)30-11-9-28/h2-8,10,12-15,31H,9,11,28H2,1H3,(H,30,34)(H2,32,33,35). The highest BCUT2D eigenvalue weighted by molar-refractivity contribution is 6.00. The predicted octanol–water partition coefficient (Wildman–Crippen LogP) is 4.65. The SMILES string of the molecule is Cc1ccc(F)c(NC(=O)Nc2ccc(Oc3ccnc(-c4cc(C(=O)NCCN)c[nH]4)c3)cc2)c1. The van der Waals surface area contributed by atoms with Crippen molar-refractivity contribution in [2.45, 2.75) is 6.92 Å². The van der Waals surface area contributed by atoms with Gasteiger partial charge in [0.2, 0.25) is 0 Å². The van der Waals surface area contributed by atoms with Gasteiger partial charge in [-0.1, -0.05) is 6.07 Å². The molecule has 0 aliphatic rings. The summed E-state index contributed by atoms with van der Waals surface area (Å²) < 4.78 is 19.8. The number of hydrogen-bond donors (Lipinski definition) is 5. The second-order valence-electron chi connectivity index (χ2n) is 7.91. The maximum atomic E-state index is 13.9. The van der Waals surface area contributed by atoms with E-state index in [1.54, 1.807) is 67.0 Å². The maximum Gasteiger partial charge on any atom is 0.323 e. The molecule has 9 nitrogen and oxygen atoms in total. The van der Waals surface area contributed by atoms with E-state index in [2.05, 4.69) is 25.9 Å². The van der Waals surface area contributed by atoms with Crippen molar-refractivity contribution >= 4 is 23.3 Å². The fraction of sp³-hybridized carbons (Fsp3) is 0.115. The molecule has 2 aromatic carbocycles. The van der Waals surface area contributed by atoms with Crippen molar-refractivity contribution in [2.75, 3.05) is 23.7 Å². The zero-order valence-electron chi connectivity index (χ0n) is 19.5. The molecule has 0 radical (unpaired) electrons. The number of pyridine rings is 1. The van der Waals surface area contributed by atoms with Gasteiger partial charge in [0.15, 0.2) is 0 Å². The van der Waals surface area contributed by atoms with Crippen molar-refractivity contribution in [1.82, 2.24) is 15.3 Å². The molecule has 4 rings (SSSR count). The van der Waals surface area contributed by atoms with E-state index in [4.69, 9.17) is 10.5 Å². The summed E-state index contributed by atoms with van der Waals surface area (Å²) in [6.45, 7) is 2.57. The molecular weight excluding hydrogens is 463 g/mol. The Bertz CT molecular complexity index is 1370. The van der Waals surface area contributed by atoms with Crippen molar-refractivity contribution in [1.29, 1.82) is 0 Å². The van der Waals surface area contributed by atoms with E-state index in [9.17, 15) is 14.0 Å². The number of halogens is 1. The van der Waals surface area contributed by atoms with Gasteiger partial charge in [-0.2, -0.15) is 0 Å². The number of aryl methyl sites for hydroxylation is 1. The normalized spacial score (nSPS) is 10.5. The number of carbonyl (C=O) groups excluding carboxylic acids is 2. The largest absolute Gasteiger partial charge is 0.457 e. The maximum absolute atomic E-state index is 13.9. The Morgan fingerprint density at radius 2 is 1.83 bits per heavy atom. The number of nitrogens with zero attached hydrogens (tertiary/aromatic N) is 1. The van der Waals surface area contributed by atoms with Crippen molar-refractivity contribution < 1.29 is 18.7 Å². The first-order valence-corrected chi connectivity index (χ1v) is 11.2. The van der Waals surface area contributed by atoms with Crippen molar-refractivity contribution in [3.63, 3.8) is 0 Å². The highest BCUT2D eigenvalue weighted by atomic mass is 19.1. The number of H-pyrrole nitrogens is 1. The molecule has 0 atom stereocenters. The summed E-state index contributed by atoms with van der Waals surface area (Å²) in [7, 11) is 0. The lowest BCUT2D eigenvalue weighted by Gasteiger charge is -2.10. The van der Waals surface area contributed by atoms with Crippen LogP contribution in [0.1, 0.15) is 15.9 Å². The van der Waals surface area contributed by atoms with Crippen LogP contribution in [0.15, 0.2) is 73.1 Å². The average molecular weight is 489 g/mol. The van der Waals surface area contributed by atoms with Crippen molar-refractivity contribution in [3.8, 4) is 22.9 Å². The second kappa shape index (κ2) is 11.2. The number of ether oxygens (including phenoxy) is 1. The van der Waals surface area contributed by atoms with Gasteiger partial charge in [-0.25, -0.2) is 9.18 Å². The van der Waals surface area contributed by atoms with Gasteiger partial charge < -0.3 is 31.4 Å². The minimum absolute atomic E-state index is 0.103. The van der Waals surface area contributed by atoms with E-state index < -0.39 is 11.8 Å². The number of rotatable bonds is 8. The van der Waals surface area contributed by atoms with Gasteiger partial charge in [-0.15, -0.1) is 0 Å². The Labute approximate surface area is 206 Å². The van der Waals surface area contributed by atoms with Crippen LogP contribution in [0.4, 0.5) is 20.6 Å². The molecule has 3 amide bonds. The van der Waals surface area contributed by atoms with Crippen LogP contribution in [0.25, 0.3) is 11.4 Å².